The van der Waals surface area contributed by atoms with Crippen LogP contribution in [-0.4, -0.2) is 24.4 Å². The fourth-order valence-corrected chi connectivity index (χ4v) is 2.65. The van der Waals surface area contributed by atoms with Gasteiger partial charge in [-0.2, -0.15) is 9.36 Å². The van der Waals surface area contributed by atoms with E-state index < -0.39 is 0 Å². The smallest absolute Gasteiger partial charge is 0.368 e. The number of rotatable bonds is 4. The molecule has 2 heterocycles. The first-order valence-corrected chi connectivity index (χ1v) is 7.71. The molecule has 23 heavy (non-hydrogen) atoms. The Balaban J connectivity index is 1.96. The van der Waals surface area contributed by atoms with Crippen LogP contribution in [0.2, 0.25) is 0 Å². The molecule has 0 amide bonds. The predicted molar refractivity (Wildman–Crippen MR) is 88.8 cm³/mol. The van der Waals surface area contributed by atoms with Gasteiger partial charge >= 0.3 is 5.69 Å². The highest BCUT2D eigenvalue weighted by molar-refractivity contribution is 9.10. The second-order valence-corrected chi connectivity index (χ2v) is 5.92. The molecule has 0 atom stereocenters. The number of aromatic nitrogens is 5. The molecule has 0 aliphatic carbocycles. The van der Waals surface area contributed by atoms with E-state index in [1.54, 1.807) is 31.4 Å². The molecule has 3 aromatic rings. The number of halogens is 1. The third-order valence-electron chi connectivity index (χ3n) is 3.53. The van der Waals surface area contributed by atoms with Crippen LogP contribution in [-0.2, 0) is 20.7 Å². The third kappa shape index (κ3) is 2.81. The first-order chi connectivity index (χ1) is 11.4. The lowest BCUT2D eigenvalue weighted by molar-refractivity contribution is 0.302. The number of para-hydroxylation sites is 1. The Labute approximate surface area is 142 Å². The topological polar surface area (TPSA) is 66.9 Å². The van der Waals surface area contributed by atoms with E-state index in [9.17, 15) is 4.79 Å². The van der Waals surface area contributed by atoms with Crippen molar-refractivity contribution in [3.8, 4) is 11.4 Å². The molecule has 0 bridgehead atoms. The van der Waals surface area contributed by atoms with E-state index in [2.05, 4.69) is 26.4 Å². The van der Waals surface area contributed by atoms with E-state index in [1.807, 2.05) is 18.5 Å². The summed E-state index contributed by atoms with van der Waals surface area (Å²) in [6.45, 7) is 2.14. The summed E-state index contributed by atoms with van der Waals surface area (Å²) in [5.41, 5.74) is 1.95. The molecule has 0 aliphatic heterocycles. The maximum absolute atomic E-state index is 12.1. The lowest BCUT2D eigenvalue weighted by Gasteiger charge is -2.09. The summed E-state index contributed by atoms with van der Waals surface area (Å²) in [6.07, 6.45) is 1.79. The zero-order chi connectivity index (χ0) is 17.4. The van der Waals surface area contributed by atoms with Crippen molar-refractivity contribution in [2.24, 2.45) is 14.1 Å². The molecule has 0 spiro atoms. The zero-order valence-electron chi connectivity index (χ0n) is 13.9. The normalized spacial score (nSPS) is 11.6. The van der Waals surface area contributed by atoms with Crippen LogP contribution in [0.4, 0.5) is 0 Å². The van der Waals surface area contributed by atoms with Crippen molar-refractivity contribution in [3.63, 3.8) is 0 Å². The minimum Gasteiger partial charge on any atom is -0.488 e. The maximum atomic E-state index is 12.1. The van der Waals surface area contributed by atoms with Crippen LogP contribution in [0.3, 0.4) is 0 Å². The van der Waals surface area contributed by atoms with Gasteiger partial charge in [0.1, 0.15) is 12.4 Å². The summed E-state index contributed by atoms with van der Waals surface area (Å²) < 4.78 is 18.5. The highest BCUT2D eigenvalue weighted by atomic mass is 79.9. The van der Waals surface area contributed by atoms with Gasteiger partial charge in [-0.3, -0.25) is 0 Å². The van der Waals surface area contributed by atoms with Crippen molar-refractivity contribution in [2.45, 2.75) is 13.5 Å². The summed E-state index contributed by atoms with van der Waals surface area (Å²) in [5, 5.41) is 7.63. The number of ether oxygens (including phenoxy) is 1. The Morgan fingerprint density at radius 2 is 2.13 bits per heavy atom. The number of tetrazole rings is 1. The highest BCUT2D eigenvalue weighted by Gasteiger charge is 2.18. The molecule has 7 nitrogen and oxygen atoms in total. The van der Waals surface area contributed by atoms with Crippen molar-refractivity contribution in [3.05, 3.63) is 56.7 Å². The fourth-order valence-electron chi connectivity index (χ4n) is 2.23. The van der Waals surface area contributed by atoms with E-state index in [1.165, 1.54) is 9.36 Å². The molecule has 1 aromatic carbocycles. The highest BCUT2D eigenvalue weighted by Crippen LogP contribution is 2.27. The number of nitrogens with zero attached hydrogens (tertiary/aromatic N) is 5. The Morgan fingerprint density at radius 1 is 1.35 bits per heavy atom. The fraction of sp³-hybridized carbons (Fsp3) is 0.267. The standard InChI is InChI=1S/C15H16BrN5O2/c1-10-6-4-5-7-13(10)23-9-11-12(8-19(2)14(11)16)21-15(22)20(3)17-18-21/h4-8H,9H2,1-3H3/i4T. The van der Waals surface area contributed by atoms with Crippen LogP contribution in [0.1, 0.15) is 12.5 Å². The summed E-state index contributed by atoms with van der Waals surface area (Å²) >= 11 is 3.52. The molecule has 0 N–H and O–H groups in total. The molecule has 8 heteroatoms. The van der Waals surface area contributed by atoms with Crippen LogP contribution < -0.4 is 10.4 Å². The van der Waals surface area contributed by atoms with Gasteiger partial charge in [-0.1, -0.05) is 18.2 Å². The number of hydrogen-bond donors (Lipinski definition) is 0. The van der Waals surface area contributed by atoms with Gasteiger partial charge in [0.05, 0.1) is 11.7 Å². The lowest BCUT2D eigenvalue weighted by Crippen LogP contribution is -2.22. The molecule has 0 unspecified atom stereocenters. The van der Waals surface area contributed by atoms with Gasteiger partial charge in [-0.05, 0) is 44.9 Å². The molecule has 0 saturated heterocycles. The summed E-state index contributed by atoms with van der Waals surface area (Å²) in [7, 11) is 3.41. The van der Waals surface area contributed by atoms with E-state index >= 15 is 0 Å². The molecule has 0 aliphatic rings. The molecular weight excluding hydrogens is 362 g/mol. The van der Waals surface area contributed by atoms with Gasteiger partial charge < -0.3 is 9.30 Å². The average molecular weight is 380 g/mol. The van der Waals surface area contributed by atoms with E-state index in [4.69, 9.17) is 6.11 Å². The number of hydrogen-bond acceptors (Lipinski definition) is 4. The molecular formula is C15H16BrN5O2. The zero-order valence-corrected chi connectivity index (χ0v) is 14.5. The van der Waals surface area contributed by atoms with Gasteiger partial charge in [-0.15, -0.1) is 0 Å². The van der Waals surface area contributed by atoms with Crippen molar-refractivity contribution in [1.82, 2.24) is 24.4 Å². The van der Waals surface area contributed by atoms with E-state index in [-0.39, 0.29) is 12.3 Å². The quantitative estimate of drug-likeness (QED) is 0.694. The molecule has 2 aromatic heterocycles. The largest absolute Gasteiger partial charge is 0.488 e. The Bertz CT molecular complexity index is 959. The average Bonchev–Trinajstić information content (AvgIpc) is 3.00. The van der Waals surface area contributed by atoms with Crippen LogP contribution in [0.25, 0.3) is 5.69 Å². The van der Waals surface area contributed by atoms with Crippen molar-refractivity contribution in [2.75, 3.05) is 0 Å². The van der Waals surface area contributed by atoms with E-state index in [0.29, 0.717) is 17.5 Å². The minimum absolute atomic E-state index is 0.248. The maximum Gasteiger partial charge on any atom is 0.368 e. The van der Waals surface area contributed by atoms with Gasteiger partial charge in [0, 0.05) is 25.9 Å². The van der Waals surface area contributed by atoms with Crippen molar-refractivity contribution >= 4 is 15.9 Å². The first-order valence-electron chi connectivity index (χ1n) is 7.41. The summed E-state index contributed by atoms with van der Waals surface area (Å²) in [4.78, 5) is 12.1. The monoisotopic (exact) mass is 379 g/mol. The van der Waals surface area contributed by atoms with Crippen LogP contribution in [0.5, 0.6) is 5.75 Å². The van der Waals surface area contributed by atoms with Crippen molar-refractivity contribution in [1.29, 1.82) is 0 Å². The lowest BCUT2D eigenvalue weighted by atomic mass is 10.2. The second kappa shape index (κ2) is 6.04. The summed E-state index contributed by atoms with van der Waals surface area (Å²) in [5.74, 6) is 0.694. The van der Waals surface area contributed by atoms with Crippen molar-refractivity contribution < 1.29 is 6.11 Å². The van der Waals surface area contributed by atoms with Gasteiger partial charge in [0.2, 0.25) is 0 Å². The van der Waals surface area contributed by atoms with Gasteiger partial charge in [-0.25, -0.2) is 4.79 Å². The first kappa shape index (κ1) is 14.3. The van der Waals surface area contributed by atoms with Crippen LogP contribution in [0.15, 0.2) is 39.8 Å². The Hall–Kier alpha value is -2.35. The Morgan fingerprint density at radius 3 is 2.78 bits per heavy atom. The molecule has 0 radical (unpaired) electrons. The predicted octanol–water partition coefficient (Wildman–Crippen LogP) is 1.95. The molecule has 0 fully saturated rings. The Kier molecular flexibility index (Phi) is 3.74. The summed E-state index contributed by atoms with van der Waals surface area (Å²) in [6, 6.07) is 5.62. The second-order valence-electron chi connectivity index (χ2n) is 5.17. The minimum atomic E-state index is -0.330. The number of benzene rings is 1. The molecule has 120 valence electrons. The molecule has 0 saturated carbocycles. The van der Waals surface area contributed by atoms with Crippen LogP contribution in [0, 0.1) is 6.92 Å². The van der Waals surface area contributed by atoms with E-state index in [0.717, 1.165) is 15.7 Å². The SMILES string of the molecule is [3H]c1ccc(OCc2c(-n3nnn(C)c3=O)cn(C)c2Br)c(C)c1. The molecule has 3 rings (SSSR count). The van der Waals surface area contributed by atoms with Gasteiger partial charge in [0.25, 0.3) is 0 Å². The number of aryl methyl sites for hydroxylation is 3. The third-order valence-corrected chi connectivity index (χ3v) is 4.56. The van der Waals surface area contributed by atoms with Gasteiger partial charge in [0.15, 0.2) is 0 Å². The van der Waals surface area contributed by atoms with Crippen LogP contribution >= 0.6 is 15.9 Å².